The Kier molecular flexibility index (Phi) is 4.45. The lowest BCUT2D eigenvalue weighted by molar-refractivity contribution is 0.175. The van der Waals surface area contributed by atoms with Crippen molar-refractivity contribution >= 4 is 0 Å². The van der Waals surface area contributed by atoms with Crippen LogP contribution < -0.4 is 0 Å². The van der Waals surface area contributed by atoms with Crippen LogP contribution in [0, 0.1) is 0 Å². The van der Waals surface area contributed by atoms with Crippen molar-refractivity contribution in [2.75, 3.05) is 7.11 Å². The summed E-state index contributed by atoms with van der Waals surface area (Å²) in [7, 11) is 1.67. The summed E-state index contributed by atoms with van der Waals surface area (Å²) in [6.07, 6.45) is 3.58. The topological polar surface area (TPSA) is 42.4 Å². The minimum Gasteiger partial charge on any atom is -0.388 e. The first kappa shape index (κ1) is 12.7. The van der Waals surface area contributed by atoms with Crippen molar-refractivity contribution in [3.8, 4) is 0 Å². The normalized spacial score (nSPS) is 12.3. The Balaban J connectivity index is 2.08. The van der Waals surface area contributed by atoms with Gasteiger partial charge in [-0.25, -0.2) is 0 Å². The van der Waals surface area contributed by atoms with Gasteiger partial charge in [0.05, 0.1) is 12.7 Å². The highest BCUT2D eigenvalue weighted by molar-refractivity contribution is 5.26. The van der Waals surface area contributed by atoms with Crippen LogP contribution in [-0.4, -0.2) is 17.2 Å². The summed E-state index contributed by atoms with van der Waals surface area (Å²) >= 11 is 0. The van der Waals surface area contributed by atoms with Crippen molar-refractivity contribution in [1.82, 2.24) is 4.98 Å². The van der Waals surface area contributed by atoms with E-state index in [1.165, 1.54) is 0 Å². The largest absolute Gasteiger partial charge is 0.388 e. The molecule has 0 amide bonds. The molecular formula is C15H17NO2. The number of hydrogen-bond acceptors (Lipinski definition) is 3. The van der Waals surface area contributed by atoms with E-state index in [0.29, 0.717) is 13.0 Å². The van der Waals surface area contributed by atoms with Crippen LogP contribution in [0.4, 0.5) is 0 Å². The van der Waals surface area contributed by atoms with Gasteiger partial charge >= 0.3 is 0 Å². The van der Waals surface area contributed by atoms with Crippen LogP contribution in [0.5, 0.6) is 0 Å². The zero-order valence-corrected chi connectivity index (χ0v) is 10.4. The first-order chi connectivity index (χ1) is 8.79. The molecule has 2 aromatic rings. The second-order valence-corrected chi connectivity index (χ2v) is 4.26. The molecule has 1 aromatic carbocycles. The second-order valence-electron chi connectivity index (χ2n) is 4.26. The first-order valence-corrected chi connectivity index (χ1v) is 5.94. The van der Waals surface area contributed by atoms with Gasteiger partial charge in [0.2, 0.25) is 0 Å². The lowest BCUT2D eigenvalue weighted by Crippen LogP contribution is -2.03. The van der Waals surface area contributed by atoms with Crippen molar-refractivity contribution in [3.05, 3.63) is 65.5 Å². The molecule has 1 aromatic heterocycles. The van der Waals surface area contributed by atoms with Crippen LogP contribution >= 0.6 is 0 Å². The number of rotatable bonds is 5. The fourth-order valence-electron chi connectivity index (χ4n) is 1.92. The van der Waals surface area contributed by atoms with E-state index in [9.17, 15) is 5.11 Å². The van der Waals surface area contributed by atoms with Crippen LogP contribution in [0.15, 0.2) is 48.8 Å². The summed E-state index contributed by atoms with van der Waals surface area (Å²) in [5.41, 5.74) is 3.01. The molecule has 94 valence electrons. The minimum absolute atomic E-state index is 0.508. The highest BCUT2D eigenvalue weighted by atomic mass is 16.5. The lowest BCUT2D eigenvalue weighted by Gasteiger charge is -2.12. The van der Waals surface area contributed by atoms with Crippen molar-refractivity contribution in [2.45, 2.75) is 19.1 Å². The van der Waals surface area contributed by atoms with E-state index in [1.54, 1.807) is 19.5 Å². The summed E-state index contributed by atoms with van der Waals surface area (Å²) in [4.78, 5) is 4.05. The zero-order chi connectivity index (χ0) is 12.8. The Morgan fingerprint density at radius 3 is 2.78 bits per heavy atom. The molecule has 1 unspecified atom stereocenters. The number of aromatic nitrogens is 1. The highest BCUT2D eigenvalue weighted by Gasteiger charge is 2.09. The number of aliphatic hydroxyl groups is 1. The third-order valence-electron chi connectivity index (χ3n) is 2.80. The Hall–Kier alpha value is -1.71. The van der Waals surface area contributed by atoms with Crippen LogP contribution in [-0.2, 0) is 17.8 Å². The Morgan fingerprint density at radius 2 is 2.06 bits per heavy atom. The predicted molar refractivity (Wildman–Crippen MR) is 70.1 cm³/mol. The fourth-order valence-corrected chi connectivity index (χ4v) is 1.92. The molecular weight excluding hydrogens is 226 g/mol. The molecule has 3 nitrogen and oxygen atoms in total. The highest BCUT2D eigenvalue weighted by Crippen LogP contribution is 2.19. The maximum Gasteiger partial charge on any atom is 0.0831 e. The SMILES string of the molecule is COCc1cccc(C(O)Cc2cccnc2)c1. The quantitative estimate of drug-likeness (QED) is 0.877. The van der Waals surface area contributed by atoms with E-state index < -0.39 is 6.10 Å². The van der Waals surface area contributed by atoms with Gasteiger partial charge in [0, 0.05) is 25.9 Å². The molecule has 2 rings (SSSR count). The van der Waals surface area contributed by atoms with Gasteiger partial charge in [-0.05, 0) is 22.8 Å². The van der Waals surface area contributed by atoms with Crippen LogP contribution in [0.1, 0.15) is 22.8 Å². The van der Waals surface area contributed by atoms with Gasteiger partial charge in [0.25, 0.3) is 0 Å². The number of benzene rings is 1. The summed E-state index contributed by atoms with van der Waals surface area (Å²) in [5, 5.41) is 10.2. The average Bonchev–Trinajstić information content (AvgIpc) is 2.40. The van der Waals surface area contributed by atoms with E-state index in [0.717, 1.165) is 16.7 Å². The molecule has 1 heterocycles. The van der Waals surface area contributed by atoms with E-state index in [-0.39, 0.29) is 0 Å². The monoisotopic (exact) mass is 243 g/mol. The smallest absolute Gasteiger partial charge is 0.0831 e. The Morgan fingerprint density at radius 1 is 1.22 bits per heavy atom. The fraction of sp³-hybridized carbons (Fsp3) is 0.267. The summed E-state index contributed by atoms with van der Waals surface area (Å²) in [5.74, 6) is 0. The average molecular weight is 243 g/mol. The number of ether oxygens (including phenoxy) is 1. The third kappa shape index (κ3) is 3.39. The van der Waals surface area contributed by atoms with Crippen molar-refractivity contribution in [1.29, 1.82) is 0 Å². The molecule has 0 fully saturated rings. The van der Waals surface area contributed by atoms with Crippen molar-refractivity contribution < 1.29 is 9.84 Å². The summed E-state index contributed by atoms with van der Waals surface area (Å²) in [6.45, 7) is 0.563. The molecule has 0 aliphatic heterocycles. The number of pyridine rings is 1. The Labute approximate surface area is 107 Å². The predicted octanol–water partition coefficient (Wildman–Crippen LogP) is 2.50. The first-order valence-electron chi connectivity index (χ1n) is 5.94. The van der Waals surface area contributed by atoms with Crippen LogP contribution in [0.2, 0.25) is 0 Å². The van der Waals surface area contributed by atoms with Crippen molar-refractivity contribution in [3.63, 3.8) is 0 Å². The number of methoxy groups -OCH3 is 1. The molecule has 0 aliphatic rings. The molecule has 0 saturated heterocycles. The number of aliphatic hydroxyl groups excluding tert-OH is 1. The van der Waals surface area contributed by atoms with E-state index >= 15 is 0 Å². The van der Waals surface area contributed by atoms with Gasteiger partial charge in [-0.15, -0.1) is 0 Å². The molecule has 0 radical (unpaired) electrons. The van der Waals surface area contributed by atoms with E-state index in [4.69, 9.17) is 4.74 Å². The zero-order valence-electron chi connectivity index (χ0n) is 10.4. The van der Waals surface area contributed by atoms with Crippen LogP contribution in [0.25, 0.3) is 0 Å². The standard InChI is InChI=1S/C15H17NO2/c1-18-11-13-4-2-6-14(8-13)15(17)9-12-5-3-7-16-10-12/h2-8,10,15,17H,9,11H2,1H3. The molecule has 0 saturated carbocycles. The molecule has 0 aliphatic carbocycles. The maximum absolute atomic E-state index is 10.2. The van der Waals surface area contributed by atoms with E-state index in [2.05, 4.69) is 4.98 Å². The van der Waals surface area contributed by atoms with Gasteiger partial charge in [-0.2, -0.15) is 0 Å². The number of hydrogen-bond donors (Lipinski definition) is 1. The molecule has 1 atom stereocenters. The number of nitrogens with zero attached hydrogens (tertiary/aromatic N) is 1. The molecule has 18 heavy (non-hydrogen) atoms. The maximum atomic E-state index is 10.2. The Bertz CT molecular complexity index is 485. The van der Waals surface area contributed by atoms with Gasteiger partial charge in [-0.1, -0.05) is 30.3 Å². The van der Waals surface area contributed by atoms with Gasteiger partial charge in [0.15, 0.2) is 0 Å². The van der Waals surface area contributed by atoms with E-state index in [1.807, 2.05) is 36.4 Å². The molecule has 3 heteroatoms. The van der Waals surface area contributed by atoms with Gasteiger partial charge in [0.1, 0.15) is 0 Å². The summed E-state index contributed by atoms with van der Waals surface area (Å²) < 4.78 is 5.09. The second kappa shape index (κ2) is 6.28. The van der Waals surface area contributed by atoms with Gasteiger partial charge < -0.3 is 9.84 Å². The molecule has 0 bridgehead atoms. The van der Waals surface area contributed by atoms with Crippen LogP contribution in [0.3, 0.4) is 0 Å². The molecule has 0 spiro atoms. The minimum atomic E-state index is -0.508. The lowest BCUT2D eigenvalue weighted by atomic mass is 10.0. The van der Waals surface area contributed by atoms with Crippen molar-refractivity contribution in [2.24, 2.45) is 0 Å². The van der Waals surface area contributed by atoms with Gasteiger partial charge in [-0.3, -0.25) is 4.98 Å². The molecule has 1 N–H and O–H groups in total. The summed E-state index contributed by atoms with van der Waals surface area (Å²) in [6, 6.07) is 11.7. The third-order valence-corrected chi connectivity index (χ3v) is 2.80.